The molecule has 28 heavy (non-hydrogen) atoms. The molecule has 1 aromatic rings. The van der Waals surface area contributed by atoms with Gasteiger partial charge >= 0.3 is 21.7 Å². The molecule has 0 aliphatic heterocycles. The normalized spacial score (nSPS) is 13.0. The Morgan fingerprint density at radius 1 is 1.29 bits per heavy atom. The fraction of sp³-hybridized carbons (Fsp3) is 0.583. The van der Waals surface area contributed by atoms with Gasteiger partial charge in [-0.05, 0) is 0 Å². The van der Waals surface area contributed by atoms with Gasteiger partial charge in [0, 0.05) is 13.2 Å². The van der Waals surface area contributed by atoms with E-state index in [0.29, 0.717) is 11.3 Å². The summed E-state index contributed by atoms with van der Waals surface area (Å²) >= 11 is 6.37. The van der Waals surface area contributed by atoms with Gasteiger partial charge in [0.1, 0.15) is 24.2 Å². The van der Waals surface area contributed by atoms with Crippen LogP contribution in [-0.4, -0.2) is 63.9 Å². The first-order valence-corrected chi connectivity index (χ1v) is 9.65. The first-order chi connectivity index (χ1) is 12.7. The van der Waals surface area contributed by atoms with Crippen molar-refractivity contribution in [2.75, 3.05) is 33.5 Å². The van der Waals surface area contributed by atoms with E-state index in [9.17, 15) is 39.6 Å². The number of ether oxygens (including phenoxy) is 2. The third kappa shape index (κ3) is 6.95. The molecule has 0 spiro atoms. The van der Waals surface area contributed by atoms with E-state index in [1.807, 2.05) is 0 Å². The quantitative estimate of drug-likeness (QED) is 0.436. The zero-order chi connectivity index (χ0) is 21.8. The first kappa shape index (κ1) is 24.7. The number of alkyl halides is 6. The minimum absolute atomic E-state index is 0.0147. The molecule has 0 bridgehead atoms. The summed E-state index contributed by atoms with van der Waals surface area (Å²) in [6, 6.07) is 0.984. The van der Waals surface area contributed by atoms with Gasteiger partial charge in [-0.2, -0.15) is 30.6 Å². The number of carbonyl (C=O) groups excluding carboxylic acids is 1. The van der Waals surface area contributed by atoms with Crippen molar-refractivity contribution in [2.24, 2.45) is 0 Å². The molecule has 7 nitrogen and oxygen atoms in total. The summed E-state index contributed by atoms with van der Waals surface area (Å²) in [5, 5.41) is 1.49. The Kier molecular flexibility index (Phi) is 8.37. The summed E-state index contributed by atoms with van der Waals surface area (Å²) in [5.74, 6) is -1.13. The lowest BCUT2D eigenvalue weighted by Crippen LogP contribution is -2.43. The zero-order valence-corrected chi connectivity index (χ0v) is 16.2. The van der Waals surface area contributed by atoms with Gasteiger partial charge in [0.05, 0.1) is 12.1 Å². The number of amides is 1. The van der Waals surface area contributed by atoms with Crippen LogP contribution in [-0.2, 0) is 14.8 Å². The molecule has 1 heterocycles. The first-order valence-electron chi connectivity index (χ1n) is 7.01. The molecule has 0 aliphatic carbocycles. The van der Waals surface area contributed by atoms with E-state index < -0.39 is 54.0 Å². The van der Waals surface area contributed by atoms with Gasteiger partial charge in [-0.3, -0.25) is 4.79 Å². The highest BCUT2D eigenvalue weighted by Crippen LogP contribution is 2.34. The molecule has 1 aromatic heterocycles. The van der Waals surface area contributed by atoms with Crippen molar-refractivity contribution in [1.82, 2.24) is 9.62 Å². The van der Waals surface area contributed by atoms with Gasteiger partial charge in [-0.1, -0.05) is 22.9 Å². The fourth-order valence-electron chi connectivity index (χ4n) is 1.64. The highest BCUT2D eigenvalue weighted by molar-refractivity contribution is 7.89. The number of thiophene rings is 1. The number of hydrogen-bond donors (Lipinski definition) is 1. The van der Waals surface area contributed by atoms with E-state index in [2.05, 4.69) is 4.74 Å². The fourth-order valence-corrected chi connectivity index (χ4v) is 3.62. The van der Waals surface area contributed by atoms with Gasteiger partial charge < -0.3 is 14.8 Å². The number of halogens is 7. The van der Waals surface area contributed by atoms with Crippen LogP contribution in [0.2, 0.25) is 4.34 Å². The van der Waals surface area contributed by atoms with Gasteiger partial charge in [0.2, 0.25) is 0 Å². The number of rotatable bonds is 9. The highest BCUT2D eigenvalue weighted by atomic mass is 35.5. The predicted molar refractivity (Wildman–Crippen MR) is 86.8 cm³/mol. The second kappa shape index (κ2) is 9.47. The molecule has 0 fully saturated rings. The maximum Gasteiger partial charge on any atom is 0.511 e. The van der Waals surface area contributed by atoms with Crippen molar-refractivity contribution in [1.29, 1.82) is 0 Å². The summed E-state index contributed by atoms with van der Waals surface area (Å²) in [4.78, 5) is 11.7. The Balaban J connectivity index is 2.74. The Hall–Kier alpha value is -1.29. The minimum Gasteiger partial charge on any atom is -0.483 e. The summed E-state index contributed by atoms with van der Waals surface area (Å²) in [6.45, 7) is -3.79. The van der Waals surface area contributed by atoms with Crippen molar-refractivity contribution in [3.8, 4) is 5.06 Å². The topological polar surface area (TPSA) is 84.9 Å². The van der Waals surface area contributed by atoms with Gasteiger partial charge in [-0.25, -0.2) is 8.42 Å². The summed E-state index contributed by atoms with van der Waals surface area (Å²) in [7, 11) is -4.67. The third-order valence-electron chi connectivity index (χ3n) is 2.85. The molecule has 1 rings (SSSR count). The van der Waals surface area contributed by atoms with E-state index in [-0.39, 0.29) is 19.3 Å². The average molecular weight is 479 g/mol. The van der Waals surface area contributed by atoms with Gasteiger partial charge in [-0.15, -0.1) is 0 Å². The lowest BCUT2D eigenvalue weighted by molar-refractivity contribution is -0.123. The molecular formula is C12H13ClF6N2O5S2. The van der Waals surface area contributed by atoms with Crippen molar-refractivity contribution >= 4 is 38.9 Å². The van der Waals surface area contributed by atoms with Crippen molar-refractivity contribution in [2.45, 2.75) is 11.7 Å². The Labute approximate surface area is 164 Å². The van der Waals surface area contributed by atoms with Crippen LogP contribution >= 0.6 is 22.9 Å². The molecule has 0 saturated carbocycles. The van der Waals surface area contributed by atoms with Crippen LogP contribution in [0.3, 0.4) is 0 Å². The molecule has 1 amide bonds. The molecule has 0 radical (unpaired) electrons. The lowest BCUT2D eigenvalue weighted by Gasteiger charge is -2.22. The van der Waals surface area contributed by atoms with Crippen LogP contribution in [0, 0.1) is 0 Å². The zero-order valence-electron chi connectivity index (χ0n) is 13.9. The van der Waals surface area contributed by atoms with Crippen LogP contribution in [0.15, 0.2) is 6.07 Å². The molecule has 0 aromatic carbocycles. The minimum atomic E-state index is -5.66. The smallest absolute Gasteiger partial charge is 0.483 e. The monoisotopic (exact) mass is 478 g/mol. The molecular weight excluding hydrogens is 466 g/mol. The Morgan fingerprint density at radius 3 is 2.39 bits per heavy atom. The van der Waals surface area contributed by atoms with Crippen LogP contribution in [0.25, 0.3) is 0 Å². The van der Waals surface area contributed by atoms with Crippen molar-refractivity contribution < 1.29 is 49.0 Å². The molecule has 0 atom stereocenters. The maximum atomic E-state index is 12.6. The Morgan fingerprint density at radius 2 is 1.89 bits per heavy atom. The van der Waals surface area contributed by atoms with E-state index >= 15 is 0 Å². The van der Waals surface area contributed by atoms with Crippen LogP contribution in [0.4, 0.5) is 26.3 Å². The number of hydrogen-bond acceptors (Lipinski definition) is 6. The highest BCUT2D eigenvalue weighted by Gasteiger charge is 2.49. The lowest BCUT2D eigenvalue weighted by atomic mass is 10.3. The standard InChI is InChI=1S/C12H13ClF6N2O5S2/c1-25-6-21(28(23,24)12(17,18)19)2-3-26-8-4-7(9(13)27-8)10(22)20-5-11(14,15)16/h4H,2-3,5-6H2,1H3,(H,20,22). The second-order valence-corrected chi connectivity index (χ2v) is 8.49. The Bertz CT molecular complexity index is 780. The number of methoxy groups -OCH3 is 1. The maximum absolute atomic E-state index is 12.6. The predicted octanol–water partition coefficient (Wildman–Crippen LogP) is 2.83. The molecule has 1 N–H and O–H groups in total. The summed E-state index contributed by atoms with van der Waals surface area (Å²) in [5.41, 5.74) is -5.87. The summed E-state index contributed by atoms with van der Waals surface area (Å²) < 4.78 is 106. The third-order valence-corrected chi connectivity index (χ3v) is 5.67. The number of carbonyl (C=O) groups is 1. The van der Waals surface area contributed by atoms with Gasteiger partial charge in [0.25, 0.3) is 5.91 Å². The van der Waals surface area contributed by atoms with E-state index in [1.54, 1.807) is 5.32 Å². The number of sulfonamides is 1. The van der Waals surface area contributed by atoms with E-state index in [0.717, 1.165) is 13.2 Å². The molecule has 162 valence electrons. The molecule has 0 aliphatic rings. The average Bonchev–Trinajstić information content (AvgIpc) is 2.90. The van der Waals surface area contributed by atoms with Crippen molar-refractivity contribution in [3.05, 3.63) is 16.0 Å². The summed E-state index contributed by atoms with van der Waals surface area (Å²) in [6.07, 6.45) is -4.63. The van der Waals surface area contributed by atoms with Gasteiger partial charge in [0.15, 0.2) is 5.06 Å². The SMILES string of the molecule is COCN(CCOc1cc(C(=O)NCC(F)(F)F)c(Cl)s1)S(=O)(=O)C(F)(F)F. The number of nitrogens with one attached hydrogen (secondary N) is 1. The molecule has 0 unspecified atom stereocenters. The van der Waals surface area contributed by atoms with E-state index in [4.69, 9.17) is 16.3 Å². The van der Waals surface area contributed by atoms with Crippen LogP contribution in [0.1, 0.15) is 10.4 Å². The molecule has 0 saturated heterocycles. The number of nitrogens with zero attached hydrogens (tertiary/aromatic N) is 1. The van der Waals surface area contributed by atoms with Crippen LogP contribution in [0.5, 0.6) is 5.06 Å². The van der Waals surface area contributed by atoms with Crippen molar-refractivity contribution in [3.63, 3.8) is 0 Å². The molecule has 16 heteroatoms. The van der Waals surface area contributed by atoms with Crippen LogP contribution < -0.4 is 10.1 Å². The second-order valence-electron chi connectivity index (χ2n) is 4.94. The largest absolute Gasteiger partial charge is 0.511 e. The van der Waals surface area contributed by atoms with E-state index in [1.165, 1.54) is 0 Å².